The van der Waals surface area contributed by atoms with Gasteiger partial charge in [0.2, 0.25) is 11.8 Å². The van der Waals surface area contributed by atoms with E-state index in [1.54, 1.807) is 4.90 Å². The molecule has 1 aromatic carbocycles. The van der Waals surface area contributed by atoms with Crippen molar-refractivity contribution in [1.29, 1.82) is 0 Å². The molecule has 3 aliphatic carbocycles. The van der Waals surface area contributed by atoms with Gasteiger partial charge in [-0.1, -0.05) is 38.0 Å². The number of hydrogen-bond donors (Lipinski definition) is 1. The molecule has 1 aromatic heterocycles. The maximum atomic E-state index is 13.9. The average Bonchev–Trinajstić information content (AvgIpc) is 3.81. The Kier molecular flexibility index (Phi) is 6.61. The Morgan fingerprint density at radius 2 is 1.55 bits per heavy atom. The molecule has 8 atom stereocenters. The van der Waals surface area contributed by atoms with Crippen molar-refractivity contribution < 1.29 is 14.4 Å². The van der Waals surface area contributed by atoms with Crippen LogP contribution in [-0.4, -0.2) is 82.4 Å². The first kappa shape index (κ1) is 26.7. The Bertz CT molecular complexity index is 1380. The number of hydrogen-bond acceptors (Lipinski definition) is 4. The molecule has 2 aromatic rings. The Morgan fingerprint density at radius 3 is 2.29 bits per heavy atom. The van der Waals surface area contributed by atoms with Crippen LogP contribution < -0.4 is 5.32 Å². The van der Waals surface area contributed by atoms with Crippen LogP contribution >= 0.6 is 0 Å². The second-order valence-electron chi connectivity index (χ2n) is 14.3. The van der Waals surface area contributed by atoms with E-state index in [1.165, 1.54) is 43.0 Å². The highest BCUT2D eigenvalue weighted by molar-refractivity contribution is 6.06. The molecule has 8 rings (SSSR count). The van der Waals surface area contributed by atoms with Crippen LogP contribution in [0.2, 0.25) is 0 Å². The molecule has 6 fully saturated rings. The fraction of sp³-hybridized carbons (Fsp3) is 0.676. The Morgan fingerprint density at radius 1 is 0.833 bits per heavy atom. The molecule has 6 unspecified atom stereocenters. The molecule has 6 aliphatic rings. The number of piperidine rings is 1. The number of amides is 4. The Labute approximate surface area is 248 Å². The third kappa shape index (κ3) is 4.15. The van der Waals surface area contributed by atoms with E-state index in [-0.39, 0.29) is 53.5 Å². The fourth-order valence-corrected chi connectivity index (χ4v) is 10.4. The van der Waals surface area contributed by atoms with E-state index in [1.807, 2.05) is 4.90 Å². The third-order valence-corrected chi connectivity index (χ3v) is 12.4. The van der Waals surface area contributed by atoms with Crippen LogP contribution in [0.15, 0.2) is 36.5 Å². The molecule has 4 amide bonds. The first-order valence-corrected chi connectivity index (χ1v) is 16.7. The number of benzene rings is 1. The summed E-state index contributed by atoms with van der Waals surface area (Å²) in [6, 6.07) is 11.6. The fourth-order valence-electron chi connectivity index (χ4n) is 10.4. The van der Waals surface area contributed by atoms with Crippen LogP contribution in [0.25, 0.3) is 10.9 Å². The maximum absolute atomic E-state index is 13.9. The number of urea groups is 1. The minimum atomic E-state index is -0.220. The normalized spacial score (nSPS) is 37.3. The molecule has 4 heterocycles. The second-order valence-corrected chi connectivity index (χ2v) is 14.3. The zero-order valence-corrected chi connectivity index (χ0v) is 24.9. The minimum Gasteiger partial charge on any atom is -0.344 e. The number of likely N-dealkylation sites (tertiary alicyclic amines) is 2. The van der Waals surface area contributed by atoms with E-state index in [0.717, 1.165) is 32.5 Å². The predicted octanol–water partition coefficient (Wildman–Crippen LogP) is 4.37. The highest BCUT2D eigenvalue weighted by Crippen LogP contribution is 2.60. The molecule has 0 radical (unpaired) electrons. The molecule has 8 nitrogen and oxygen atoms in total. The van der Waals surface area contributed by atoms with E-state index in [9.17, 15) is 14.4 Å². The molecular formula is C34H45N5O3. The van der Waals surface area contributed by atoms with Gasteiger partial charge in [-0.25, -0.2) is 4.79 Å². The van der Waals surface area contributed by atoms with Crippen LogP contribution in [0.1, 0.15) is 57.9 Å². The standard InChI is InChI=1S/C34H45N5O3/c1-21-26-18-27(31(21)38-17-13-35-34(38)42)30-29(26)32(40)39(33(30)41)20-24-8-3-2-7-23(24)19-36-14-11-25(12-15-36)37-16-10-22-6-4-5-9-28(22)37/h4-6,9-10,16,21,23-27,29-31H,2-3,7-8,11-15,17-20H2,1H3,(H,35,42)/t21?,23-,24-,26?,27?,29?,30?,31?/m0/s1. The van der Waals surface area contributed by atoms with Gasteiger partial charge in [-0.15, -0.1) is 0 Å². The molecule has 224 valence electrons. The van der Waals surface area contributed by atoms with Crippen molar-refractivity contribution >= 4 is 28.7 Å². The first-order chi connectivity index (χ1) is 20.5. The number of aromatic nitrogens is 1. The van der Waals surface area contributed by atoms with Crippen molar-refractivity contribution in [3.63, 3.8) is 0 Å². The molecule has 1 N–H and O–H groups in total. The second kappa shape index (κ2) is 10.4. The van der Waals surface area contributed by atoms with Gasteiger partial charge in [-0.2, -0.15) is 0 Å². The summed E-state index contributed by atoms with van der Waals surface area (Å²) in [5.41, 5.74) is 1.34. The minimum absolute atomic E-state index is 0.000343. The Hall–Kier alpha value is -2.87. The predicted molar refractivity (Wildman–Crippen MR) is 160 cm³/mol. The number of carbonyl (C=O) groups excluding carboxylic acids is 3. The summed E-state index contributed by atoms with van der Waals surface area (Å²) in [4.78, 5) is 46.6. The smallest absolute Gasteiger partial charge is 0.317 e. The van der Waals surface area contributed by atoms with E-state index in [0.29, 0.717) is 37.5 Å². The van der Waals surface area contributed by atoms with Crippen molar-refractivity contribution in [1.82, 2.24) is 24.6 Å². The summed E-state index contributed by atoms with van der Waals surface area (Å²) in [6.07, 6.45) is 10.3. The number of carbonyl (C=O) groups is 3. The van der Waals surface area contributed by atoms with Crippen LogP contribution in [0, 0.1) is 41.4 Å². The molecule has 3 saturated heterocycles. The number of fused-ring (bicyclic) bond motifs is 6. The lowest BCUT2D eigenvalue weighted by Crippen LogP contribution is -2.50. The van der Waals surface area contributed by atoms with Gasteiger partial charge in [0, 0.05) is 63.1 Å². The van der Waals surface area contributed by atoms with Crippen molar-refractivity contribution in [2.45, 2.75) is 64.0 Å². The largest absolute Gasteiger partial charge is 0.344 e. The van der Waals surface area contributed by atoms with E-state index in [2.05, 4.69) is 58.2 Å². The molecular weight excluding hydrogens is 526 g/mol. The molecule has 0 spiro atoms. The Balaban J connectivity index is 0.920. The number of nitrogens with one attached hydrogen (secondary N) is 1. The van der Waals surface area contributed by atoms with Gasteiger partial charge in [0.05, 0.1) is 11.8 Å². The summed E-state index contributed by atoms with van der Waals surface area (Å²) in [5, 5.41) is 4.26. The number of rotatable bonds is 6. The lowest BCUT2D eigenvalue weighted by atomic mass is 9.72. The van der Waals surface area contributed by atoms with Gasteiger partial charge in [-0.05, 0) is 79.2 Å². The zero-order valence-electron chi connectivity index (χ0n) is 24.9. The lowest BCUT2D eigenvalue weighted by Gasteiger charge is -2.40. The van der Waals surface area contributed by atoms with Crippen molar-refractivity contribution in [3.8, 4) is 0 Å². The summed E-state index contributed by atoms with van der Waals surface area (Å²) in [5.74, 6) is 1.34. The zero-order chi connectivity index (χ0) is 28.5. The van der Waals surface area contributed by atoms with Crippen LogP contribution in [-0.2, 0) is 9.59 Å². The van der Waals surface area contributed by atoms with Crippen LogP contribution in [0.5, 0.6) is 0 Å². The van der Waals surface area contributed by atoms with E-state index in [4.69, 9.17) is 0 Å². The molecule has 3 saturated carbocycles. The average molecular weight is 572 g/mol. The molecule has 3 aliphatic heterocycles. The number of nitrogens with zero attached hydrogens (tertiary/aromatic N) is 4. The SMILES string of the molecule is CC1C2CC(C3C(=O)N(C[C@@H]4CCCC[C@H]4CN4CCC(n5ccc6ccccc65)CC4)C(=O)C23)C1N1CCNC1=O. The third-order valence-electron chi connectivity index (χ3n) is 12.4. The topological polar surface area (TPSA) is 77.9 Å². The first-order valence-electron chi connectivity index (χ1n) is 16.7. The van der Waals surface area contributed by atoms with Gasteiger partial charge in [-0.3, -0.25) is 14.5 Å². The van der Waals surface area contributed by atoms with Gasteiger partial charge in [0.1, 0.15) is 0 Å². The van der Waals surface area contributed by atoms with Gasteiger partial charge in [0.25, 0.3) is 0 Å². The highest BCUT2D eigenvalue weighted by atomic mass is 16.2. The summed E-state index contributed by atoms with van der Waals surface area (Å²) < 4.78 is 2.48. The van der Waals surface area contributed by atoms with Crippen molar-refractivity contribution in [2.24, 2.45) is 41.4 Å². The van der Waals surface area contributed by atoms with Crippen LogP contribution in [0.3, 0.4) is 0 Å². The monoisotopic (exact) mass is 571 g/mol. The van der Waals surface area contributed by atoms with E-state index >= 15 is 0 Å². The summed E-state index contributed by atoms with van der Waals surface area (Å²) in [7, 11) is 0. The van der Waals surface area contributed by atoms with Crippen LogP contribution in [0.4, 0.5) is 4.79 Å². The number of imide groups is 1. The van der Waals surface area contributed by atoms with Crippen molar-refractivity contribution in [2.75, 3.05) is 39.3 Å². The highest BCUT2D eigenvalue weighted by Gasteiger charge is 2.67. The number of para-hydroxylation sites is 1. The lowest BCUT2D eigenvalue weighted by molar-refractivity contribution is -0.142. The molecule has 8 heteroatoms. The van der Waals surface area contributed by atoms with Crippen molar-refractivity contribution in [3.05, 3.63) is 36.5 Å². The quantitative estimate of drug-likeness (QED) is 0.523. The molecule has 2 bridgehead atoms. The molecule has 42 heavy (non-hydrogen) atoms. The van der Waals surface area contributed by atoms with Gasteiger partial charge >= 0.3 is 6.03 Å². The van der Waals surface area contributed by atoms with Gasteiger partial charge in [0.15, 0.2) is 0 Å². The summed E-state index contributed by atoms with van der Waals surface area (Å²) >= 11 is 0. The van der Waals surface area contributed by atoms with Gasteiger partial charge < -0.3 is 19.7 Å². The summed E-state index contributed by atoms with van der Waals surface area (Å²) in [6.45, 7) is 7.50. The van der Waals surface area contributed by atoms with E-state index < -0.39 is 0 Å². The maximum Gasteiger partial charge on any atom is 0.317 e.